The number of aliphatic hydroxyl groups is 1. The number of anilines is 1. The summed E-state index contributed by atoms with van der Waals surface area (Å²) in [6, 6.07) is 6.84. The Morgan fingerprint density at radius 1 is 1.45 bits per heavy atom. The average molecular weight is 386 g/mol. The van der Waals surface area contributed by atoms with Gasteiger partial charge < -0.3 is 15.2 Å². The van der Waals surface area contributed by atoms with Gasteiger partial charge in [0.15, 0.2) is 0 Å². The molecule has 0 unspecified atom stereocenters. The molecule has 0 aliphatic heterocycles. The second-order valence-electron chi connectivity index (χ2n) is 4.48. The molecule has 7 heteroatoms. The number of benzene rings is 1. The molecule has 0 spiro atoms. The summed E-state index contributed by atoms with van der Waals surface area (Å²) < 4.78 is 5.75. The summed E-state index contributed by atoms with van der Waals surface area (Å²) in [5, 5.41) is 12.4. The minimum atomic E-state index is -0.387. The van der Waals surface area contributed by atoms with E-state index in [1.807, 2.05) is 0 Å². The zero-order valence-electron chi connectivity index (χ0n) is 11.8. The van der Waals surface area contributed by atoms with Crippen molar-refractivity contribution in [1.29, 1.82) is 0 Å². The molecule has 5 nitrogen and oxygen atoms in total. The van der Waals surface area contributed by atoms with Crippen LogP contribution in [-0.2, 0) is 18.0 Å². The van der Waals surface area contributed by atoms with E-state index in [-0.39, 0.29) is 24.8 Å². The molecule has 1 amide bonds. The van der Waals surface area contributed by atoms with E-state index < -0.39 is 0 Å². The van der Waals surface area contributed by atoms with Gasteiger partial charge in [0.25, 0.3) is 5.91 Å². The molecule has 1 aromatic heterocycles. The second-order valence-corrected chi connectivity index (χ2v) is 5.72. The number of methoxy groups -OCH3 is 1. The molecule has 2 rings (SSSR count). The smallest absolute Gasteiger partial charge is 0.274 e. The van der Waals surface area contributed by atoms with Gasteiger partial charge in [-0.3, -0.25) is 9.78 Å². The standard InChI is InChI=1S/C15H14BrClN2O3/c1-22-8-9-5-13(18-6-10(9)7-20)15(21)19-12-4-2-3-11(16)14(12)17/h2-6,20H,7-8H2,1H3,(H,19,21). The third-order valence-electron chi connectivity index (χ3n) is 2.99. The van der Waals surface area contributed by atoms with E-state index in [1.165, 1.54) is 6.20 Å². The summed E-state index contributed by atoms with van der Waals surface area (Å²) in [7, 11) is 1.54. The number of halogens is 2. The second kappa shape index (κ2) is 7.69. The first-order valence-electron chi connectivity index (χ1n) is 6.39. The zero-order chi connectivity index (χ0) is 16.1. The minimum Gasteiger partial charge on any atom is -0.392 e. The van der Waals surface area contributed by atoms with Crippen molar-refractivity contribution < 1.29 is 14.6 Å². The Bertz CT molecular complexity index is 694. The fourth-order valence-electron chi connectivity index (χ4n) is 1.87. The molecule has 1 heterocycles. The summed E-state index contributed by atoms with van der Waals surface area (Å²) in [4.78, 5) is 16.3. The topological polar surface area (TPSA) is 71.5 Å². The number of rotatable bonds is 5. The summed E-state index contributed by atoms with van der Waals surface area (Å²) >= 11 is 9.42. The number of hydrogen-bond donors (Lipinski definition) is 2. The number of nitrogens with zero attached hydrogens (tertiary/aromatic N) is 1. The molecule has 0 fully saturated rings. The average Bonchev–Trinajstić information content (AvgIpc) is 2.52. The number of amides is 1. The third kappa shape index (κ3) is 3.84. The van der Waals surface area contributed by atoms with Gasteiger partial charge in [0.2, 0.25) is 0 Å². The maximum Gasteiger partial charge on any atom is 0.274 e. The van der Waals surface area contributed by atoms with Gasteiger partial charge in [-0.1, -0.05) is 17.7 Å². The van der Waals surface area contributed by atoms with Gasteiger partial charge in [0.1, 0.15) is 5.69 Å². The number of carbonyl (C=O) groups excluding carboxylic acids is 1. The van der Waals surface area contributed by atoms with Gasteiger partial charge in [-0.05, 0) is 39.7 Å². The molecular weight excluding hydrogens is 372 g/mol. The zero-order valence-corrected chi connectivity index (χ0v) is 14.1. The predicted octanol–water partition coefficient (Wildman–Crippen LogP) is 3.39. The number of nitrogens with one attached hydrogen (secondary N) is 1. The summed E-state index contributed by atoms with van der Waals surface area (Å²) in [5.74, 6) is -0.387. The Hall–Kier alpha value is -1.47. The van der Waals surface area contributed by atoms with Crippen LogP contribution >= 0.6 is 27.5 Å². The van der Waals surface area contributed by atoms with E-state index in [0.717, 1.165) is 0 Å². The highest BCUT2D eigenvalue weighted by Crippen LogP contribution is 2.30. The Labute approximate surface area is 141 Å². The molecular formula is C15H14BrClN2O3. The molecule has 0 atom stereocenters. The van der Waals surface area contributed by atoms with Crippen molar-refractivity contribution in [2.75, 3.05) is 12.4 Å². The van der Waals surface area contributed by atoms with E-state index >= 15 is 0 Å². The highest BCUT2D eigenvalue weighted by molar-refractivity contribution is 9.10. The molecule has 2 aromatic rings. The lowest BCUT2D eigenvalue weighted by atomic mass is 10.1. The Morgan fingerprint density at radius 2 is 2.23 bits per heavy atom. The Kier molecular flexibility index (Phi) is 5.90. The van der Waals surface area contributed by atoms with Crippen LogP contribution in [0.4, 0.5) is 5.69 Å². The van der Waals surface area contributed by atoms with Crippen LogP contribution in [0.25, 0.3) is 0 Å². The van der Waals surface area contributed by atoms with E-state index in [1.54, 1.807) is 31.4 Å². The molecule has 22 heavy (non-hydrogen) atoms. The van der Waals surface area contributed by atoms with Gasteiger partial charge in [-0.15, -0.1) is 0 Å². The van der Waals surface area contributed by atoms with Crippen LogP contribution < -0.4 is 5.32 Å². The predicted molar refractivity (Wildman–Crippen MR) is 88.0 cm³/mol. The largest absolute Gasteiger partial charge is 0.392 e. The van der Waals surface area contributed by atoms with Crippen molar-refractivity contribution in [2.45, 2.75) is 13.2 Å². The molecule has 2 N–H and O–H groups in total. The van der Waals surface area contributed by atoms with Gasteiger partial charge >= 0.3 is 0 Å². The maximum atomic E-state index is 12.3. The van der Waals surface area contributed by atoms with Gasteiger partial charge in [0.05, 0.1) is 23.9 Å². The summed E-state index contributed by atoms with van der Waals surface area (Å²) in [6.45, 7) is 0.126. The van der Waals surface area contributed by atoms with Crippen LogP contribution in [0.15, 0.2) is 34.9 Å². The first-order chi connectivity index (χ1) is 10.6. The summed E-state index contributed by atoms with van der Waals surface area (Å²) in [5.41, 5.74) is 2.05. The number of ether oxygens (including phenoxy) is 1. The van der Waals surface area contributed by atoms with E-state index in [9.17, 15) is 9.90 Å². The van der Waals surface area contributed by atoms with Crippen molar-refractivity contribution in [1.82, 2.24) is 4.98 Å². The number of carbonyl (C=O) groups is 1. The van der Waals surface area contributed by atoms with Crippen LogP contribution in [0.2, 0.25) is 5.02 Å². The quantitative estimate of drug-likeness (QED) is 0.827. The molecule has 0 aliphatic rings. The molecule has 0 bridgehead atoms. The van der Waals surface area contributed by atoms with Gasteiger partial charge in [0, 0.05) is 23.3 Å². The number of aliphatic hydroxyl groups excluding tert-OH is 1. The number of hydrogen-bond acceptors (Lipinski definition) is 4. The fourth-order valence-corrected chi connectivity index (χ4v) is 2.41. The normalized spacial score (nSPS) is 10.5. The first-order valence-corrected chi connectivity index (χ1v) is 7.57. The van der Waals surface area contributed by atoms with Crippen LogP contribution in [0.1, 0.15) is 21.6 Å². The monoisotopic (exact) mass is 384 g/mol. The van der Waals surface area contributed by atoms with Crippen molar-refractivity contribution in [2.24, 2.45) is 0 Å². The van der Waals surface area contributed by atoms with Gasteiger partial charge in [-0.2, -0.15) is 0 Å². The maximum absolute atomic E-state index is 12.3. The third-order valence-corrected chi connectivity index (χ3v) is 4.28. The van der Waals surface area contributed by atoms with Crippen LogP contribution in [0.5, 0.6) is 0 Å². The van der Waals surface area contributed by atoms with E-state index in [0.29, 0.717) is 26.3 Å². The Balaban J connectivity index is 2.26. The first kappa shape index (κ1) is 16.9. The summed E-state index contributed by atoms with van der Waals surface area (Å²) in [6.07, 6.45) is 1.46. The molecule has 0 saturated carbocycles. The Morgan fingerprint density at radius 3 is 2.91 bits per heavy atom. The number of pyridine rings is 1. The van der Waals surface area contributed by atoms with Crippen LogP contribution in [0.3, 0.4) is 0 Å². The van der Waals surface area contributed by atoms with Gasteiger partial charge in [-0.25, -0.2) is 0 Å². The number of aromatic nitrogens is 1. The SMILES string of the molecule is COCc1cc(C(=O)Nc2cccc(Br)c2Cl)ncc1CO. The van der Waals surface area contributed by atoms with E-state index in [4.69, 9.17) is 16.3 Å². The van der Waals surface area contributed by atoms with Crippen LogP contribution in [0, 0.1) is 0 Å². The highest BCUT2D eigenvalue weighted by Gasteiger charge is 2.13. The molecule has 116 valence electrons. The fraction of sp³-hybridized carbons (Fsp3) is 0.200. The van der Waals surface area contributed by atoms with Crippen molar-refractivity contribution >= 4 is 39.1 Å². The minimum absolute atomic E-state index is 0.162. The lowest BCUT2D eigenvalue weighted by molar-refractivity contribution is 0.102. The van der Waals surface area contributed by atoms with Crippen molar-refractivity contribution in [3.8, 4) is 0 Å². The molecule has 0 saturated heterocycles. The highest BCUT2D eigenvalue weighted by atomic mass is 79.9. The lowest BCUT2D eigenvalue weighted by Crippen LogP contribution is -2.15. The molecule has 0 radical (unpaired) electrons. The lowest BCUT2D eigenvalue weighted by Gasteiger charge is -2.10. The van der Waals surface area contributed by atoms with Crippen molar-refractivity contribution in [3.63, 3.8) is 0 Å². The van der Waals surface area contributed by atoms with Crippen molar-refractivity contribution in [3.05, 3.63) is 56.8 Å². The van der Waals surface area contributed by atoms with Crippen LogP contribution in [-0.4, -0.2) is 23.1 Å². The van der Waals surface area contributed by atoms with E-state index in [2.05, 4.69) is 26.2 Å². The molecule has 1 aromatic carbocycles. The molecule has 0 aliphatic carbocycles.